The summed E-state index contributed by atoms with van der Waals surface area (Å²) in [5.41, 5.74) is 4.52. The van der Waals surface area contributed by atoms with Crippen LogP contribution in [-0.2, 0) is 25.9 Å². The van der Waals surface area contributed by atoms with Gasteiger partial charge in [-0.05, 0) is 130 Å². The summed E-state index contributed by atoms with van der Waals surface area (Å²) < 4.78 is 34.0. The Kier molecular flexibility index (Phi) is 18.4. The van der Waals surface area contributed by atoms with Crippen LogP contribution in [0, 0.1) is 28.4 Å². The van der Waals surface area contributed by atoms with E-state index in [0.29, 0.717) is 35.6 Å². The number of hydrogen-bond acceptors (Lipinski definition) is 12. The number of aromatic nitrogens is 2. The molecule has 7 rings (SSSR count). The molecule has 0 spiro atoms. The van der Waals surface area contributed by atoms with Crippen molar-refractivity contribution in [1.29, 1.82) is 10.8 Å². The molecular formula is C47H64F2N12O2S2. The zero-order chi connectivity index (χ0) is 47.5. The number of hydrogen-bond donors (Lipinski definition) is 6. The highest BCUT2D eigenvalue weighted by Gasteiger charge is 2.29. The Morgan fingerprint density at radius 2 is 1.15 bits per heavy atom. The Balaban J connectivity index is 0.000000235. The third-order valence-corrected chi connectivity index (χ3v) is 13.4. The van der Waals surface area contributed by atoms with Crippen LogP contribution in [-0.4, -0.2) is 88.3 Å². The van der Waals surface area contributed by atoms with E-state index >= 15 is 0 Å². The molecule has 0 bridgehead atoms. The molecule has 0 atom stereocenters. The van der Waals surface area contributed by atoms with E-state index in [0.717, 1.165) is 53.9 Å². The lowest BCUT2D eigenvalue weighted by molar-refractivity contribution is 0.101. The van der Waals surface area contributed by atoms with E-state index in [1.807, 2.05) is 53.5 Å². The van der Waals surface area contributed by atoms with Gasteiger partial charge < -0.3 is 10.6 Å². The predicted octanol–water partition coefficient (Wildman–Crippen LogP) is 8.62. The zero-order valence-corrected chi connectivity index (χ0v) is 40.3. The molecule has 0 unspecified atom stereocenters. The quantitative estimate of drug-likeness (QED) is 0.0246. The van der Waals surface area contributed by atoms with Crippen molar-refractivity contribution >= 4 is 59.0 Å². The summed E-state index contributed by atoms with van der Waals surface area (Å²) in [7, 11) is 0. The maximum atomic E-state index is 14.7. The molecule has 2 aromatic heterocycles. The van der Waals surface area contributed by atoms with Gasteiger partial charge in [-0.2, -0.15) is 0 Å². The summed E-state index contributed by atoms with van der Waals surface area (Å²) in [6.07, 6.45) is 4.06. The lowest BCUT2D eigenvalue weighted by atomic mass is 9.97. The van der Waals surface area contributed by atoms with Crippen molar-refractivity contribution in [3.63, 3.8) is 0 Å². The van der Waals surface area contributed by atoms with Gasteiger partial charge in [0, 0.05) is 49.3 Å². The van der Waals surface area contributed by atoms with E-state index in [-0.39, 0.29) is 46.5 Å². The van der Waals surface area contributed by atoms with Crippen LogP contribution < -0.4 is 22.3 Å². The van der Waals surface area contributed by atoms with E-state index in [9.17, 15) is 18.4 Å². The van der Waals surface area contributed by atoms with Crippen LogP contribution in [0.25, 0.3) is 0 Å². The summed E-state index contributed by atoms with van der Waals surface area (Å²) in [5.74, 6) is 11.8. The number of hydrazine groups is 2. The molecule has 8 N–H and O–H groups in total. The number of nitrogens with zero attached hydrogens (tertiary/aromatic N) is 6. The number of carbonyl (C=O) groups excluding carboxylic acids is 2. The lowest BCUT2D eigenvalue weighted by Crippen LogP contribution is -2.43. The first-order chi connectivity index (χ1) is 31.0. The number of rotatable bonds is 13. The molecule has 18 heteroatoms. The fourth-order valence-electron chi connectivity index (χ4n) is 6.71. The Labute approximate surface area is 390 Å². The molecule has 4 heterocycles. The minimum absolute atomic E-state index is 0.00179. The number of nitrogens with one attached hydrogen (secondary N) is 4. The number of amidine groups is 2. The van der Waals surface area contributed by atoms with Gasteiger partial charge in [-0.3, -0.25) is 30.4 Å². The maximum Gasteiger partial charge on any atom is 0.259 e. The fourth-order valence-corrected chi connectivity index (χ4v) is 8.85. The van der Waals surface area contributed by atoms with Crippen LogP contribution in [0.15, 0.2) is 60.7 Å². The van der Waals surface area contributed by atoms with Gasteiger partial charge >= 0.3 is 0 Å². The van der Waals surface area contributed by atoms with Gasteiger partial charge in [0.15, 0.2) is 11.7 Å². The number of nitrogens with two attached hydrogens (primary N) is 2. The topological polar surface area (TPSA) is 197 Å². The molecule has 2 aromatic carbocycles. The average molecular weight is 931 g/mol. The van der Waals surface area contributed by atoms with Crippen LogP contribution in [0.2, 0.25) is 0 Å². The number of anilines is 2. The second kappa shape index (κ2) is 23.5. The summed E-state index contributed by atoms with van der Waals surface area (Å²) in [6.45, 7) is 19.0. The van der Waals surface area contributed by atoms with Crippen LogP contribution in [0.3, 0.4) is 0 Å². The molecule has 2 amide bonds. The molecule has 1 aliphatic carbocycles. The van der Waals surface area contributed by atoms with Crippen molar-refractivity contribution in [2.45, 2.75) is 111 Å². The first-order valence-electron chi connectivity index (χ1n) is 22.2. The normalized spacial score (nSPS) is 14.6. The zero-order valence-electron chi connectivity index (χ0n) is 38.7. The SMILES string of the molecule is CC.CC(C)CSN1CCc2cc(F)c(C(=O)Nc3cccc(C(=N)N(N)C(C)C)n3)cc2C1.CC(C)N(N)C(=N)c1cccc(NC(=O)c2cc3c(cc2F)CCN(SC2CC2)C3)n1. The molecule has 2 aliphatic heterocycles. The fraction of sp³-hybridized carbons (Fsp3) is 0.447. The van der Waals surface area contributed by atoms with Gasteiger partial charge in [0.25, 0.3) is 11.8 Å². The van der Waals surface area contributed by atoms with Crippen LogP contribution in [0.4, 0.5) is 20.4 Å². The van der Waals surface area contributed by atoms with Crippen LogP contribution in [0.5, 0.6) is 0 Å². The molecule has 65 heavy (non-hydrogen) atoms. The van der Waals surface area contributed by atoms with Crippen molar-refractivity contribution in [3.8, 4) is 0 Å². The highest BCUT2D eigenvalue weighted by atomic mass is 32.2. The van der Waals surface area contributed by atoms with Crippen molar-refractivity contribution in [2.24, 2.45) is 17.6 Å². The molecule has 14 nitrogen and oxygen atoms in total. The number of pyridine rings is 2. The molecule has 0 saturated heterocycles. The number of carbonyl (C=O) groups is 2. The molecule has 1 fully saturated rings. The van der Waals surface area contributed by atoms with E-state index in [1.165, 1.54) is 35.0 Å². The van der Waals surface area contributed by atoms with Gasteiger partial charge in [0.2, 0.25) is 0 Å². The summed E-state index contributed by atoms with van der Waals surface area (Å²) >= 11 is 3.67. The van der Waals surface area contributed by atoms with Crippen LogP contribution in [0.1, 0.15) is 123 Å². The second-order valence-electron chi connectivity index (χ2n) is 16.8. The number of halogens is 2. The van der Waals surface area contributed by atoms with Gasteiger partial charge in [0.1, 0.15) is 34.7 Å². The average Bonchev–Trinajstić information content (AvgIpc) is 4.11. The minimum atomic E-state index is -0.568. The van der Waals surface area contributed by atoms with Gasteiger partial charge in [-0.25, -0.2) is 39.0 Å². The molecule has 1 saturated carbocycles. The summed E-state index contributed by atoms with van der Waals surface area (Å²) in [5, 5.41) is 25.0. The smallest absolute Gasteiger partial charge is 0.259 e. The van der Waals surface area contributed by atoms with E-state index in [2.05, 4.69) is 43.1 Å². The molecular weight excluding hydrogens is 867 g/mol. The minimum Gasteiger partial charge on any atom is -0.306 e. The lowest BCUT2D eigenvalue weighted by Gasteiger charge is -2.28. The van der Waals surface area contributed by atoms with Gasteiger partial charge in [0.05, 0.1) is 11.1 Å². The standard InChI is InChI=1S/C23H31FN6OS.C22H27FN6OS.C2H6/c1-14(2)13-32-29-9-8-16-11-19(24)18(10-17(16)12-29)23(31)28-21-7-5-6-20(27-21)22(25)30(26)15(3)4;1-13(2)29(25)21(24)19-4-3-5-20(26-19)27-22(30)17-10-15-12-28(31-16-6-7-16)9-8-14(15)11-18(17)23;1-2/h5-7,10-11,14-15,25H,8-9,12-13,26H2,1-4H3,(H,27,28,31);3-5,10-11,13,16,24H,6-9,12,25H2,1-2H3,(H,26,27,30);1-2H3. The van der Waals surface area contributed by atoms with Crippen molar-refractivity contribution < 1.29 is 18.4 Å². The summed E-state index contributed by atoms with van der Waals surface area (Å²) in [6, 6.07) is 16.0. The van der Waals surface area contributed by atoms with Gasteiger partial charge in [-0.15, -0.1) is 0 Å². The maximum absolute atomic E-state index is 14.7. The molecule has 4 aromatic rings. The van der Waals surface area contributed by atoms with Crippen molar-refractivity contribution in [1.82, 2.24) is 28.6 Å². The van der Waals surface area contributed by atoms with Crippen molar-refractivity contribution in [2.75, 3.05) is 29.5 Å². The van der Waals surface area contributed by atoms with E-state index in [1.54, 1.807) is 60.5 Å². The molecule has 0 radical (unpaired) electrons. The summed E-state index contributed by atoms with van der Waals surface area (Å²) in [4.78, 5) is 34.3. The third kappa shape index (κ3) is 14.0. The van der Waals surface area contributed by atoms with Crippen LogP contribution >= 0.6 is 23.9 Å². The highest BCUT2D eigenvalue weighted by molar-refractivity contribution is 7.97. The Morgan fingerprint density at radius 1 is 0.723 bits per heavy atom. The van der Waals surface area contributed by atoms with E-state index < -0.39 is 23.4 Å². The largest absolute Gasteiger partial charge is 0.306 e. The number of benzene rings is 2. The molecule has 350 valence electrons. The highest BCUT2D eigenvalue weighted by Crippen LogP contribution is 2.39. The Morgan fingerprint density at radius 3 is 1.57 bits per heavy atom. The Hall–Kier alpha value is -4.98. The predicted molar refractivity (Wildman–Crippen MR) is 261 cm³/mol. The first kappa shape index (κ1) is 51.0. The number of amides is 2. The number of fused-ring (bicyclic) bond motifs is 2. The van der Waals surface area contributed by atoms with Gasteiger partial charge in [-0.1, -0.05) is 63.7 Å². The van der Waals surface area contributed by atoms with E-state index in [4.69, 9.17) is 22.5 Å². The second-order valence-corrected chi connectivity index (χ2v) is 19.3. The Bertz CT molecular complexity index is 2330. The van der Waals surface area contributed by atoms with Crippen molar-refractivity contribution in [3.05, 3.63) is 117 Å². The first-order valence-corrected chi connectivity index (χ1v) is 24.0. The third-order valence-electron chi connectivity index (χ3n) is 10.5. The molecule has 3 aliphatic rings. The monoisotopic (exact) mass is 930 g/mol.